The molecule has 1 saturated heterocycles. The lowest BCUT2D eigenvalue weighted by molar-refractivity contribution is 0.00191. The number of hydrogen-bond donors (Lipinski definition) is 1. The van der Waals surface area contributed by atoms with E-state index < -0.39 is 9.84 Å². The molecule has 1 aliphatic heterocycles. The molecule has 0 saturated carbocycles. The summed E-state index contributed by atoms with van der Waals surface area (Å²) in [5, 5.41) is 3.07. The smallest absolute Gasteiger partial charge is 0.251 e. The van der Waals surface area contributed by atoms with E-state index in [9.17, 15) is 13.2 Å². The summed E-state index contributed by atoms with van der Waals surface area (Å²) in [7, 11) is -3.08. The van der Waals surface area contributed by atoms with Crippen molar-refractivity contribution >= 4 is 15.7 Å². The summed E-state index contributed by atoms with van der Waals surface area (Å²) in [6.45, 7) is 8.29. The lowest BCUT2D eigenvalue weighted by Gasteiger charge is -2.38. The molecule has 1 amide bonds. The highest BCUT2D eigenvalue weighted by molar-refractivity contribution is 7.89. The van der Waals surface area contributed by atoms with Gasteiger partial charge >= 0.3 is 0 Å². The molecule has 1 aromatic carbocycles. The van der Waals surface area contributed by atoms with E-state index in [0.717, 1.165) is 39.1 Å². The van der Waals surface area contributed by atoms with Crippen LogP contribution in [0.3, 0.4) is 0 Å². The average molecular weight is 397 g/mol. The van der Waals surface area contributed by atoms with E-state index in [1.165, 1.54) is 6.26 Å². The number of benzene rings is 1. The number of rotatable bonds is 9. The fourth-order valence-electron chi connectivity index (χ4n) is 3.69. The summed E-state index contributed by atoms with van der Waals surface area (Å²) >= 11 is 0. The van der Waals surface area contributed by atoms with Crippen molar-refractivity contribution in [2.24, 2.45) is 5.92 Å². The minimum Gasteiger partial charge on any atom is -0.379 e. The zero-order valence-electron chi connectivity index (χ0n) is 16.6. The van der Waals surface area contributed by atoms with E-state index in [2.05, 4.69) is 24.1 Å². The summed E-state index contributed by atoms with van der Waals surface area (Å²) in [5.41, 5.74) is 1.25. The van der Waals surface area contributed by atoms with Crippen LogP contribution in [0.4, 0.5) is 0 Å². The van der Waals surface area contributed by atoms with Crippen molar-refractivity contribution in [3.8, 4) is 0 Å². The quantitative estimate of drug-likeness (QED) is 0.692. The number of hydrogen-bond acceptors (Lipinski definition) is 5. The maximum atomic E-state index is 12.6. The molecule has 7 heteroatoms. The third-order valence-electron chi connectivity index (χ3n) is 5.22. The number of ether oxygens (including phenoxy) is 1. The van der Waals surface area contributed by atoms with Crippen molar-refractivity contribution < 1.29 is 17.9 Å². The first kappa shape index (κ1) is 21.9. The third kappa shape index (κ3) is 6.90. The first-order valence-corrected chi connectivity index (χ1v) is 11.8. The van der Waals surface area contributed by atoms with Gasteiger partial charge < -0.3 is 10.1 Å². The third-order valence-corrected chi connectivity index (χ3v) is 6.08. The predicted octanol–water partition coefficient (Wildman–Crippen LogP) is 2.10. The molecule has 2 rings (SSSR count). The first-order valence-electron chi connectivity index (χ1n) is 9.70. The summed E-state index contributed by atoms with van der Waals surface area (Å²) < 4.78 is 28.2. The van der Waals surface area contributed by atoms with Gasteiger partial charge in [0.05, 0.1) is 19.0 Å². The second-order valence-electron chi connectivity index (χ2n) is 7.27. The Labute approximate surface area is 163 Å². The summed E-state index contributed by atoms with van der Waals surface area (Å²) in [5.74, 6) is 0.397. The number of nitrogens with one attached hydrogen (secondary N) is 1. The molecule has 1 N–H and O–H groups in total. The van der Waals surface area contributed by atoms with Gasteiger partial charge in [0.2, 0.25) is 0 Å². The van der Waals surface area contributed by atoms with Crippen LogP contribution in [0, 0.1) is 5.92 Å². The molecular formula is C20H32N2O4S. The van der Waals surface area contributed by atoms with Crippen molar-refractivity contribution in [2.45, 2.75) is 38.5 Å². The van der Waals surface area contributed by atoms with E-state index in [1.807, 2.05) is 0 Å². The molecular weight excluding hydrogens is 364 g/mol. The SMILES string of the molecule is CCC(CC)C(CNC(=O)c1ccc(CS(C)(=O)=O)cc1)N1CCOCC1. The summed E-state index contributed by atoms with van der Waals surface area (Å²) in [6.07, 6.45) is 3.36. The fourth-order valence-corrected chi connectivity index (χ4v) is 4.49. The van der Waals surface area contributed by atoms with Crippen molar-refractivity contribution in [3.63, 3.8) is 0 Å². The molecule has 1 fully saturated rings. The lowest BCUT2D eigenvalue weighted by Crippen LogP contribution is -2.52. The van der Waals surface area contributed by atoms with Crippen LogP contribution in [0.1, 0.15) is 42.6 Å². The van der Waals surface area contributed by atoms with E-state index in [4.69, 9.17) is 4.74 Å². The molecule has 152 valence electrons. The molecule has 1 heterocycles. The lowest BCUT2D eigenvalue weighted by atomic mass is 9.92. The Kier molecular flexibility index (Phi) is 8.26. The van der Waals surface area contributed by atoms with Crippen LogP contribution < -0.4 is 5.32 Å². The summed E-state index contributed by atoms with van der Waals surface area (Å²) in [6, 6.07) is 7.09. The molecule has 0 spiro atoms. The van der Waals surface area contributed by atoms with Gasteiger partial charge in [0.25, 0.3) is 5.91 Å². The zero-order valence-corrected chi connectivity index (χ0v) is 17.4. The minimum atomic E-state index is -3.08. The Bertz CT molecular complexity index is 693. The molecule has 0 aromatic heterocycles. The highest BCUT2D eigenvalue weighted by Crippen LogP contribution is 2.20. The molecule has 27 heavy (non-hydrogen) atoms. The van der Waals surface area contributed by atoms with Gasteiger partial charge in [0.1, 0.15) is 0 Å². The van der Waals surface area contributed by atoms with Crippen LogP contribution in [-0.2, 0) is 20.3 Å². The second kappa shape index (κ2) is 10.2. The zero-order chi connectivity index (χ0) is 19.9. The van der Waals surface area contributed by atoms with Crippen LogP contribution in [0.2, 0.25) is 0 Å². The Hall–Kier alpha value is -1.44. The van der Waals surface area contributed by atoms with Gasteiger partial charge in [-0.2, -0.15) is 0 Å². The topological polar surface area (TPSA) is 75.7 Å². The van der Waals surface area contributed by atoms with E-state index in [1.54, 1.807) is 24.3 Å². The number of carbonyl (C=O) groups is 1. The van der Waals surface area contributed by atoms with E-state index in [-0.39, 0.29) is 11.7 Å². The second-order valence-corrected chi connectivity index (χ2v) is 9.41. The maximum absolute atomic E-state index is 12.6. The Morgan fingerprint density at radius 2 is 1.74 bits per heavy atom. The van der Waals surface area contributed by atoms with Crippen molar-refractivity contribution in [2.75, 3.05) is 39.1 Å². The molecule has 1 aliphatic rings. The first-order chi connectivity index (χ1) is 12.8. The van der Waals surface area contributed by atoms with Gasteiger partial charge in [-0.05, 0) is 23.6 Å². The minimum absolute atomic E-state index is 0.0112. The molecule has 0 radical (unpaired) electrons. The standard InChI is InChI=1S/C20H32N2O4S/c1-4-17(5-2)19(22-10-12-26-13-11-22)14-21-20(23)18-8-6-16(7-9-18)15-27(3,24)25/h6-9,17,19H,4-5,10-15H2,1-3H3,(H,21,23). The fraction of sp³-hybridized carbons (Fsp3) is 0.650. The number of morpholine rings is 1. The van der Waals surface area contributed by atoms with Crippen LogP contribution in [0.15, 0.2) is 24.3 Å². The van der Waals surface area contributed by atoms with Gasteiger partial charge in [-0.25, -0.2) is 8.42 Å². The highest BCUT2D eigenvalue weighted by Gasteiger charge is 2.27. The highest BCUT2D eigenvalue weighted by atomic mass is 32.2. The van der Waals surface area contributed by atoms with Crippen LogP contribution in [-0.4, -0.2) is 64.4 Å². The van der Waals surface area contributed by atoms with Crippen molar-refractivity contribution in [1.82, 2.24) is 10.2 Å². The summed E-state index contributed by atoms with van der Waals surface area (Å²) in [4.78, 5) is 15.0. The van der Waals surface area contributed by atoms with E-state index >= 15 is 0 Å². The average Bonchev–Trinajstić information content (AvgIpc) is 2.65. The van der Waals surface area contributed by atoms with Crippen LogP contribution in [0.25, 0.3) is 0 Å². The molecule has 1 unspecified atom stereocenters. The molecule has 0 bridgehead atoms. The Morgan fingerprint density at radius 1 is 1.15 bits per heavy atom. The largest absolute Gasteiger partial charge is 0.379 e. The monoisotopic (exact) mass is 396 g/mol. The maximum Gasteiger partial charge on any atom is 0.251 e. The van der Waals surface area contributed by atoms with Crippen molar-refractivity contribution in [3.05, 3.63) is 35.4 Å². The molecule has 1 aromatic rings. The molecule has 6 nitrogen and oxygen atoms in total. The predicted molar refractivity (Wildman–Crippen MR) is 108 cm³/mol. The van der Waals surface area contributed by atoms with Gasteiger partial charge in [0.15, 0.2) is 9.84 Å². The molecule has 1 atom stereocenters. The van der Waals surface area contributed by atoms with Gasteiger partial charge in [0, 0.05) is 37.5 Å². The Balaban J connectivity index is 1.99. The number of carbonyl (C=O) groups excluding carboxylic acids is 1. The number of amides is 1. The van der Waals surface area contributed by atoms with E-state index in [0.29, 0.717) is 29.6 Å². The van der Waals surface area contributed by atoms with Crippen molar-refractivity contribution in [1.29, 1.82) is 0 Å². The van der Waals surface area contributed by atoms with Gasteiger partial charge in [-0.1, -0.05) is 38.8 Å². The van der Waals surface area contributed by atoms with Crippen LogP contribution >= 0.6 is 0 Å². The molecule has 0 aliphatic carbocycles. The van der Waals surface area contributed by atoms with Gasteiger partial charge in [-0.15, -0.1) is 0 Å². The normalized spacial score (nSPS) is 17.0. The van der Waals surface area contributed by atoms with Gasteiger partial charge in [-0.3, -0.25) is 9.69 Å². The number of nitrogens with zero attached hydrogens (tertiary/aromatic N) is 1. The number of sulfone groups is 1. The van der Waals surface area contributed by atoms with Crippen LogP contribution in [0.5, 0.6) is 0 Å². The Morgan fingerprint density at radius 3 is 2.26 bits per heavy atom.